The predicted octanol–water partition coefficient (Wildman–Crippen LogP) is 0.950. The third-order valence-electron chi connectivity index (χ3n) is 3.92. The van der Waals surface area contributed by atoms with Crippen LogP contribution < -0.4 is 16.1 Å². The van der Waals surface area contributed by atoms with Gasteiger partial charge in [0.25, 0.3) is 0 Å². The Morgan fingerprint density at radius 3 is 2.29 bits per heavy atom. The van der Waals surface area contributed by atoms with Gasteiger partial charge >= 0.3 is 5.69 Å². The number of aromatic nitrogens is 2. The van der Waals surface area contributed by atoms with Gasteiger partial charge in [-0.15, -0.1) is 12.4 Å². The largest absolute Gasteiger partial charge is 0.329 e. The number of hydrogen-bond donors (Lipinski definition) is 2. The molecule has 0 spiro atoms. The highest BCUT2D eigenvalue weighted by atomic mass is 35.5. The van der Waals surface area contributed by atoms with Crippen LogP contribution in [0.3, 0.4) is 0 Å². The zero-order valence-electron chi connectivity index (χ0n) is 14.3. The fourth-order valence-electron chi connectivity index (χ4n) is 2.70. The lowest BCUT2D eigenvalue weighted by atomic mass is 10.1. The zero-order valence-corrected chi connectivity index (χ0v) is 15.9. The minimum absolute atomic E-state index is 0. The molecule has 1 heterocycles. The van der Waals surface area contributed by atoms with E-state index in [1.54, 1.807) is 20.2 Å². The second-order valence-corrected chi connectivity index (χ2v) is 7.95. The molecule has 24 heavy (non-hydrogen) atoms. The fraction of sp³-hybridized carbons (Fsp3) is 0.533. The van der Waals surface area contributed by atoms with Crippen LogP contribution in [0.5, 0.6) is 0 Å². The topological polar surface area (TPSA) is 99.1 Å². The Morgan fingerprint density at radius 1 is 1.17 bits per heavy atom. The molecule has 0 saturated carbocycles. The first-order valence-electron chi connectivity index (χ1n) is 7.55. The molecule has 0 aliphatic carbocycles. The molecule has 1 aromatic carbocycles. The first-order chi connectivity index (χ1) is 10.7. The average molecular weight is 377 g/mol. The number of nitrogens with two attached hydrogens (primary N) is 1. The maximum Gasteiger partial charge on any atom is 0.328 e. The van der Waals surface area contributed by atoms with Gasteiger partial charge in [-0.05, 0) is 30.5 Å². The van der Waals surface area contributed by atoms with E-state index in [-0.39, 0.29) is 35.6 Å². The number of fused-ring (bicyclic) bond motifs is 1. The first-order valence-corrected chi connectivity index (χ1v) is 9.03. The number of nitrogens with zero attached hydrogens (tertiary/aromatic N) is 2. The molecule has 0 amide bonds. The van der Waals surface area contributed by atoms with Crippen LogP contribution in [0.4, 0.5) is 0 Å². The highest BCUT2D eigenvalue weighted by molar-refractivity contribution is 7.89. The van der Waals surface area contributed by atoms with E-state index >= 15 is 0 Å². The van der Waals surface area contributed by atoms with E-state index in [9.17, 15) is 13.2 Å². The van der Waals surface area contributed by atoms with E-state index in [4.69, 9.17) is 5.73 Å². The van der Waals surface area contributed by atoms with Crippen molar-refractivity contribution in [3.05, 3.63) is 28.7 Å². The summed E-state index contributed by atoms with van der Waals surface area (Å²) < 4.78 is 30.7. The molecule has 0 aliphatic heterocycles. The van der Waals surface area contributed by atoms with Gasteiger partial charge in [-0.25, -0.2) is 17.9 Å². The van der Waals surface area contributed by atoms with Crippen LogP contribution >= 0.6 is 12.4 Å². The number of imidazole rings is 1. The number of halogens is 1. The van der Waals surface area contributed by atoms with Crippen molar-refractivity contribution >= 4 is 33.5 Å². The monoisotopic (exact) mass is 376 g/mol. The minimum atomic E-state index is -3.68. The summed E-state index contributed by atoms with van der Waals surface area (Å²) in [6.07, 6.45) is 0.668. The van der Waals surface area contributed by atoms with E-state index in [1.807, 2.05) is 13.8 Å². The standard InChI is InChI=1S/C15H24N4O3S.ClH/c1-10(2)7-11(9-16)17-23(21,22)12-5-6-13-14(8-12)19(4)15(20)18(13)3;/h5-6,8,10-11,17H,7,9,16H2,1-4H3;1H. The van der Waals surface area contributed by atoms with Gasteiger partial charge in [-0.3, -0.25) is 9.13 Å². The Labute approximate surface area is 148 Å². The van der Waals surface area contributed by atoms with Gasteiger partial charge in [0.1, 0.15) is 0 Å². The molecule has 7 nitrogen and oxygen atoms in total. The van der Waals surface area contributed by atoms with Crippen molar-refractivity contribution in [1.29, 1.82) is 0 Å². The van der Waals surface area contributed by atoms with Crippen LogP contribution in [0.15, 0.2) is 27.9 Å². The van der Waals surface area contributed by atoms with Crippen LogP contribution in [0.1, 0.15) is 20.3 Å². The van der Waals surface area contributed by atoms with Crippen molar-refractivity contribution in [3.63, 3.8) is 0 Å². The van der Waals surface area contributed by atoms with Crippen molar-refractivity contribution in [3.8, 4) is 0 Å². The van der Waals surface area contributed by atoms with Crippen molar-refractivity contribution in [2.45, 2.75) is 31.2 Å². The number of hydrogen-bond acceptors (Lipinski definition) is 4. The van der Waals surface area contributed by atoms with E-state index in [0.717, 1.165) is 0 Å². The van der Waals surface area contributed by atoms with E-state index < -0.39 is 10.0 Å². The van der Waals surface area contributed by atoms with Crippen LogP contribution in [0.2, 0.25) is 0 Å². The molecule has 0 fully saturated rings. The normalized spacial score (nSPS) is 13.2. The molecule has 9 heteroatoms. The van der Waals surface area contributed by atoms with E-state index in [1.165, 1.54) is 21.3 Å². The fourth-order valence-corrected chi connectivity index (χ4v) is 3.98. The summed E-state index contributed by atoms with van der Waals surface area (Å²) in [6, 6.07) is 4.36. The Balaban J connectivity index is 0.00000288. The van der Waals surface area contributed by atoms with Gasteiger partial charge in [-0.1, -0.05) is 13.8 Å². The third-order valence-corrected chi connectivity index (χ3v) is 5.43. The SMILES string of the molecule is CC(C)CC(CN)NS(=O)(=O)c1ccc2c(c1)n(C)c(=O)n2C.Cl. The summed E-state index contributed by atoms with van der Waals surface area (Å²) in [5, 5.41) is 0. The number of rotatable bonds is 6. The van der Waals surface area contributed by atoms with Crippen molar-refractivity contribution in [1.82, 2.24) is 13.9 Å². The molecule has 2 rings (SSSR count). The van der Waals surface area contributed by atoms with E-state index in [2.05, 4.69) is 4.72 Å². The smallest absolute Gasteiger partial charge is 0.328 e. The van der Waals surface area contributed by atoms with Gasteiger partial charge < -0.3 is 5.73 Å². The molecule has 0 bridgehead atoms. The van der Waals surface area contributed by atoms with Crippen LogP contribution in [0, 0.1) is 5.92 Å². The van der Waals surface area contributed by atoms with Gasteiger partial charge in [0.05, 0.1) is 15.9 Å². The van der Waals surface area contributed by atoms with E-state index in [0.29, 0.717) is 23.4 Å². The maximum absolute atomic E-state index is 12.6. The predicted molar refractivity (Wildman–Crippen MR) is 98.0 cm³/mol. The number of sulfonamides is 1. The lowest BCUT2D eigenvalue weighted by Crippen LogP contribution is -2.40. The lowest BCUT2D eigenvalue weighted by molar-refractivity contribution is 0.465. The Bertz CT molecular complexity index is 871. The summed E-state index contributed by atoms with van der Waals surface area (Å²) in [6.45, 7) is 4.27. The second-order valence-electron chi connectivity index (χ2n) is 6.23. The molecule has 2 aromatic rings. The summed E-state index contributed by atoms with van der Waals surface area (Å²) >= 11 is 0. The second kappa shape index (κ2) is 7.69. The Kier molecular flexibility index (Phi) is 6.63. The molecular formula is C15H25ClN4O3S. The highest BCUT2D eigenvalue weighted by Gasteiger charge is 2.21. The van der Waals surface area contributed by atoms with Crippen molar-refractivity contribution in [2.24, 2.45) is 25.7 Å². The highest BCUT2D eigenvalue weighted by Crippen LogP contribution is 2.18. The summed E-state index contributed by atoms with van der Waals surface area (Å²) in [4.78, 5) is 12.1. The number of nitrogens with one attached hydrogen (secondary N) is 1. The van der Waals surface area contributed by atoms with Crippen LogP contribution in [-0.2, 0) is 24.1 Å². The molecule has 0 saturated heterocycles. The molecule has 136 valence electrons. The number of benzene rings is 1. The molecule has 1 atom stereocenters. The van der Waals surface area contributed by atoms with Crippen LogP contribution in [0.25, 0.3) is 11.0 Å². The van der Waals surface area contributed by atoms with Gasteiger partial charge in [0, 0.05) is 26.7 Å². The maximum atomic E-state index is 12.6. The first kappa shape index (κ1) is 20.7. The number of aryl methyl sites for hydroxylation is 2. The minimum Gasteiger partial charge on any atom is -0.329 e. The molecule has 1 aromatic heterocycles. The Morgan fingerprint density at radius 2 is 1.75 bits per heavy atom. The lowest BCUT2D eigenvalue weighted by Gasteiger charge is -2.18. The van der Waals surface area contributed by atoms with Gasteiger partial charge in [0.15, 0.2) is 0 Å². The zero-order chi connectivity index (χ0) is 17.4. The third kappa shape index (κ3) is 4.00. The molecule has 1 unspecified atom stereocenters. The summed E-state index contributed by atoms with van der Waals surface area (Å²) in [5.41, 5.74) is 6.74. The quantitative estimate of drug-likeness (QED) is 0.784. The molecular weight excluding hydrogens is 352 g/mol. The summed E-state index contributed by atoms with van der Waals surface area (Å²) in [7, 11) is -0.406. The van der Waals surface area contributed by atoms with Crippen molar-refractivity contribution in [2.75, 3.05) is 6.54 Å². The van der Waals surface area contributed by atoms with Gasteiger partial charge in [0.2, 0.25) is 10.0 Å². The average Bonchev–Trinajstić information content (AvgIpc) is 2.70. The Hall–Kier alpha value is -1.35. The van der Waals surface area contributed by atoms with Gasteiger partial charge in [-0.2, -0.15) is 0 Å². The molecule has 3 N–H and O–H groups in total. The summed E-state index contributed by atoms with van der Waals surface area (Å²) in [5.74, 6) is 0.337. The van der Waals surface area contributed by atoms with Crippen LogP contribution in [-0.4, -0.2) is 30.1 Å². The molecule has 0 radical (unpaired) electrons. The molecule has 0 aliphatic rings. The van der Waals surface area contributed by atoms with Crippen molar-refractivity contribution < 1.29 is 8.42 Å².